The van der Waals surface area contributed by atoms with Gasteiger partial charge in [-0.25, -0.2) is 13.1 Å². The lowest BCUT2D eigenvalue weighted by molar-refractivity contribution is -0.138. The molecule has 0 bridgehead atoms. The highest BCUT2D eigenvalue weighted by molar-refractivity contribution is 7.89. The van der Waals surface area contributed by atoms with Crippen molar-refractivity contribution in [3.63, 3.8) is 0 Å². The molecule has 10 heteroatoms. The molecule has 0 amide bonds. The smallest absolute Gasteiger partial charge is 0.416 e. The molecule has 2 aromatic rings. The van der Waals surface area contributed by atoms with Crippen LogP contribution in [0.2, 0.25) is 5.02 Å². The molecule has 0 saturated heterocycles. The maximum absolute atomic E-state index is 12.9. The quantitative estimate of drug-likeness (QED) is 0.400. The van der Waals surface area contributed by atoms with Crippen molar-refractivity contribution in [1.82, 2.24) is 4.72 Å². The summed E-state index contributed by atoms with van der Waals surface area (Å²) < 4.78 is 66.7. The van der Waals surface area contributed by atoms with E-state index in [2.05, 4.69) is 4.72 Å². The fourth-order valence-corrected chi connectivity index (χ4v) is 4.43. The van der Waals surface area contributed by atoms with Crippen molar-refractivity contribution >= 4 is 27.6 Å². The number of halogens is 4. The monoisotopic (exact) mass is 477 g/mol. The molecule has 2 rings (SSSR count). The van der Waals surface area contributed by atoms with Crippen LogP contribution in [0.1, 0.15) is 55.7 Å². The molecular weight excluding hydrogens is 455 g/mol. The summed E-state index contributed by atoms with van der Waals surface area (Å²) in [4.78, 5) is 10.6. The molecule has 0 radical (unpaired) electrons. The fraction of sp³-hybridized carbons (Fsp3) is 0.381. The zero-order chi connectivity index (χ0) is 23.1. The molecule has 1 unspecified atom stereocenters. The van der Waals surface area contributed by atoms with Crippen LogP contribution in [0.3, 0.4) is 0 Å². The molecule has 1 atom stereocenters. The Labute approximate surface area is 184 Å². The Bertz CT molecular complexity index is 962. The summed E-state index contributed by atoms with van der Waals surface area (Å²) in [6, 6.07) is 9.21. The molecular formula is C21H23ClF3NO4S. The third kappa shape index (κ3) is 8.16. The molecule has 0 aliphatic heterocycles. The van der Waals surface area contributed by atoms with Gasteiger partial charge in [0.2, 0.25) is 10.0 Å². The number of hydrogen-bond acceptors (Lipinski definition) is 3. The fourth-order valence-electron chi connectivity index (χ4n) is 3.05. The van der Waals surface area contributed by atoms with Crippen LogP contribution in [-0.4, -0.2) is 19.5 Å². The van der Waals surface area contributed by atoms with E-state index in [-0.39, 0.29) is 11.3 Å². The van der Waals surface area contributed by atoms with Crippen molar-refractivity contribution in [3.8, 4) is 0 Å². The van der Waals surface area contributed by atoms with Gasteiger partial charge in [0, 0.05) is 17.5 Å². The molecule has 0 heterocycles. The summed E-state index contributed by atoms with van der Waals surface area (Å²) in [6.45, 7) is 0. The van der Waals surface area contributed by atoms with Crippen LogP contribution in [0.25, 0.3) is 0 Å². The number of carboxylic acid groups (broad SMARTS) is 1. The van der Waals surface area contributed by atoms with Crippen molar-refractivity contribution in [2.75, 3.05) is 0 Å². The van der Waals surface area contributed by atoms with E-state index in [4.69, 9.17) is 16.7 Å². The first kappa shape index (κ1) is 25.2. The maximum atomic E-state index is 12.9. The summed E-state index contributed by atoms with van der Waals surface area (Å²) in [7, 11) is -3.93. The largest absolute Gasteiger partial charge is 0.481 e. The van der Waals surface area contributed by atoms with Gasteiger partial charge in [-0.2, -0.15) is 13.2 Å². The minimum absolute atomic E-state index is 0.00438. The number of benzene rings is 2. The zero-order valence-electron chi connectivity index (χ0n) is 16.5. The first-order chi connectivity index (χ1) is 14.5. The Hall–Kier alpha value is -2.10. The van der Waals surface area contributed by atoms with Crippen molar-refractivity contribution < 1.29 is 31.5 Å². The van der Waals surface area contributed by atoms with Crippen LogP contribution < -0.4 is 4.72 Å². The van der Waals surface area contributed by atoms with Gasteiger partial charge in [-0.1, -0.05) is 43.0 Å². The molecule has 0 aromatic heterocycles. The van der Waals surface area contributed by atoms with Crippen LogP contribution in [0, 0.1) is 0 Å². The van der Waals surface area contributed by atoms with E-state index >= 15 is 0 Å². The Morgan fingerprint density at radius 1 is 0.968 bits per heavy atom. The van der Waals surface area contributed by atoms with Crippen molar-refractivity contribution in [2.45, 2.75) is 55.6 Å². The van der Waals surface area contributed by atoms with Crippen molar-refractivity contribution in [1.29, 1.82) is 0 Å². The van der Waals surface area contributed by atoms with E-state index in [1.807, 2.05) is 0 Å². The molecule has 0 spiro atoms. The van der Waals surface area contributed by atoms with Crippen molar-refractivity contribution in [3.05, 3.63) is 64.7 Å². The van der Waals surface area contributed by atoms with Crippen LogP contribution in [0.4, 0.5) is 13.2 Å². The highest BCUT2D eigenvalue weighted by Crippen LogP contribution is 2.31. The van der Waals surface area contributed by atoms with Crippen LogP contribution in [-0.2, 0) is 21.0 Å². The Morgan fingerprint density at radius 3 is 2.10 bits per heavy atom. The second-order valence-electron chi connectivity index (χ2n) is 7.09. The highest BCUT2D eigenvalue weighted by Gasteiger charge is 2.30. The van der Waals surface area contributed by atoms with Crippen LogP contribution >= 0.6 is 11.6 Å². The number of hydrogen-bond donors (Lipinski definition) is 2. The number of rotatable bonds is 11. The topological polar surface area (TPSA) is 83.5 Å². The number of sulfonamides is 1. The minimum atomic E-state index is -4.49. The van der Waals surface area contributed by atoms with Gasteiger partial charge < -0.3 is 5.11 Å². The lowest BCUT2D eigenvalue weighted by atomic mass is 9.99. The lowest BCUT2D eigenvalue weighted by Gasteiger charge is -2.20. The van der Waals surface area contributed by atoms with Gasteiger partial charge in [0.15, 0.2) is 0 Å². The van der Waals surface area contributed by atoms with Crippen LogP contribution in [0.15, 0.2) is 53.4 Å². The summed E-state index contributed by atoms with van der Waals surface area (Å²) in [5.41, 5.74) is -0.402. The SMILES string of the molecule is O=C(O)CCCCCCC(NS(=O)(=O)c1ccc(Cl)cc1)c1ccc(C(F)(F)F)cc1. The van der Waals surface area contributed by atoms with Gasteiger partial charge in [-0.15, -0.1) is 0 Å². The first-order valence-electron chi connectivity index (χ1n) is 9.66. The van der Waals surface area contributed by atoms with Gasteiger partial charge >= 0.3 is 12.1 Å². The summed E-state index contributed by atoms with van der Waals surface area (Å²) in [6.07, 6.45) is -1.65. The molecule has 0 aliphatic carbocycles. The third-order valence-corrected chi connectivity index (χ3v) is 6.43. The number of carbonyl (C=O) groups is 1. The third-order valence-electron chi connectivity index (χ3n) is 4.70. The summed E-state index contributed by atoms with van der Waals surface area (Å²) in [5.74, 6) is -0.877. The number of aliphatic carboxylic acids is 1. The maximum Gasteiger partial charge on any atom is 0.416 e. The van der Waals surface area contributed by atoms with E-state index in [1.54, 1.807) is 0 Å². The minimum Gasteiger partial charge on any atom is -0.481 e. The van der Waals surface area contributed by atoms with E-state index in [0.29, 0.717) is 42.7 Å². The molecule has 0 fully saturated rings. The van der Waals surface area contributed by atoms with Gasteiger partial charge in [-0.3, -0.25) is 4.79 Å². The van der Waals surface area contributed by atoms with E-state index in [1.165, 1.54) is 36.4 Å². The molecule has 2 N–H and O–H groups in total. The predicted octanol–water partition coefficient (Wildman–Crippen LogP) is 5.80. The number of unbranched alkanes of at least 4 members (excludes halogenated alkanes) is 3. The second kappa shape index (κ2) is 11.0. The van der Waals surface area contributed by atoms with Gasteiger partial charge in [-0.05, 0) is 54.8 Å². The number of nitrogens with one attached hydrogen (secondary N) is 1. The van der Waals surface area contributed by atoms with Crippen molar-refractivity contribution in [2.24, 2.45) is 0 Å². The molecule has 0 aliphatic rings. The second-order valence-corrected chi connectivity index (χ2v) is 9.24. The number of carboxylic acids is 1. The average molecular weight is 478 g/mol. The lowest BCUT2D eigenvalue weighted by Crippen LogP contribution is -2.29. The first-order valence-corrected chi connectivity index (χ1v) is 11.5. The molecule has 5 nitrogen and oxygen atoms in total. The standard InChI is InChI=1S/C21H23ClF3NO4S/c22-17-11-13-18(14-12-17)31(29,30)26-19(5-3-1-2-4-6-20(27)28)15-7-9-16(10-8-15)21(23,24)25/h7-14,19,26H,1-6H2,(H,27,28). The predicted molar refractivity (Wildman–Crippen MR) is 111 cm³/mol. The molecule has 0 saturated carbocycles. The Kier molecular flexibility index (Phi) is 8.90. The summed E-state index contributed by atoms with van der Waals surface area (Å²) in [5, 5.41) is 9.05. The van der Waals surface area contributed by atoms with E-state index in [0.717, 1.165) is 12.1 Å². The Balaban J connectivity index is 2.15. The average Bonchev–Trinajstić information content (AvgIpc) is 2.69. The molecule has 170 valence electrons. The molecule has 31 heavy (non-hydrogen) atoms. The highest BCUT2D eigenvalue weighted by atomic mass is 35.5. The van der Waals surface area contributed by atoms with Crippen LogP contribution in [0.5, 0.6) is 0 Å². The zero-order valence-corrected chi connectivity index (χ0v) is 18.1. The molecule has 2 aromatic carbocycles. The van der Waals surface area contributed by atoms with Gasteiger partial charge in [0.05, 0.1) is 10.5 Å². The van der Waals surface area contributed by atoms with E-state index in [9.17, 15) is 26.4 Å². The summed E-state index contributed by atoms with van der Waals surface area (Å²) >= 11 is 5.80. The Morgan fingerprint density at radius 2 is 1.55 bits per heavy atom. The van der Waals surface area contributed by atoms with E-state index < -0.39 is 33.8 Å². The number of alkyl halides is 3. The normalized spacial score (nSPS) is 13.2. The van der Waals surface area contributed by atoms with Gasteiger partial charge in [0.1, 0.15) is 0 Å². The van der Waals surface area contributed by atoms with Gasteiger partial charge in [0.25, 0.3) is 0 Å².